The van der Waals surface area contributed by atoms with Gasteiger partial charge in [0.25, 0.3) is 0 Å². The first-order valence-corrected chi connectivity index (χ1v) is 21.4. The number of benzene rings is 11. The molecule has 2 nitrogen and oxygen atoms in total. The van der Waals surface area contributed by atoms with Crippen LogP contribution in [-0.4, -0.2) is 9.55 Å². The van der Waals surface area contributed by atoms with E-state index in [0.29, 0.717) is 0 Å². The summed E-state index contributed by atoms with van der Waals surface area (Å²) >= 11 is 0. The van der Waals surface area contributed by atoms with Crippen LogP contribution in [0.25, 0.3) is 116 Å². The van der Waals surface area contributed by atoms with Crippen LogP contribution in [0, 0.1) is 6.92 Å². The molecule has 1 aromatic heterocycles. The molecule has 0 radical (unpaired) electrons. The molecular formula is C60H40N2. The number of hydrogen-bond acceptors (Lipinski definition) is 1. The van der Waals surface area contributed by atoms with Gasteiger partial charge >= 0.3 is 0 Å². The molecule has 0 N–H and O–H groups in total. The van der Waals surface area contributed by atoms with Crippen molar-refractivity contribution in [2.75, 3.05) is 0 Å². The molecule has 11 aromatic carbocycles. The Hall–Kier alpha value is -8.07. The zero-order valence-electron chi connectivity index (χ0n) is 34.3. The zero-order valence-corrected chi connectivity index (χ0v) is 34.3. The Morgan fingerprint density at radius 2 is 0.677 bits per heavy atom. The van der Waals surface area contributed by atoms with Crippen molar-refractivity contribution in [3.05, 3.63) is 230 Å². The van der Waals surface area contributed by atoms with Crippen molar-refractivity contribution in [2.45, 2.75) is 6.92 Å². The van der Waals surface area contributed by atoms with E-state index in [-0.39, 0.29) is 0 Å². The van der Waals surface area contributed by atoms with Gasteiger partial charge in [0.1, 0.15) is 5.82 Å². The fourth-order valence-electron chi connectivity index (χ4n) is 9.90. The quantitative estimate of drug-likeness (QED) is 0.153. The molecule has 0 saturated carbocycles. The van der Waals surface area contributed by atoms with E-state index in [1.807, 2.05) is 0 Å². The van der Waals surface area contributed by atoms with Gasteiger partial charge in [0.05, 0.1) is 11.0 Å². The summed E-state index contributed by atoms with van der Waals surface area (Å²) < 4.78 is 2.28. The maximum absolute atomic E-state index is 5.22. The Morgan fingerprint density at radius 1 is 0.306 bits per heavy atom. The summed E-state index contributed by atoms with van der Waals surface area (Å²) in [5, 5.41) is 9.97. The van der Waals surface area contributed by atoms with Crippen molar-refractivity contribution in [1.29, 1.82) is 0 Å². The first-order valence-electron chi connectivity index (χ1n) is 21.4. The predicted octanol–water partition coefficient (Wildman–Crippen LogP) is 16.3. The van der Waals surface area contributed by atoms with E-state index in [9.17, 15) is 0 Å². The first kappa shape index (κ1) is 35.8. The van der Waals surface area contributed by atoms with Crippen LogP contribution in [0.15, 0.2) is 224 Å². The molecule has 0 saturated heterocycles. The number of aromatic nitrogens is 2. The molecule has 0 spiro atoms. The van der Waals surface area contributed by atoms with E-state index >= 15 is 0 Å². The van der Waals surface area contributed by atoms with Gasteiger partial charge in [0, 0.05) is 11.3 Å². The summed E-state index contributed by atoms with van der Waals surface area (Å²) in [5.74, 6) is 0.926. The maximum atomic E-state index is 5.22. The smallest absolute Gasteiger partial charge is 0.145 e. The lowest BCUT2D eigenvalue weighted by atomic mass is 9.84. The molecule has 0 bridgehead atoms. The van der Waals surface area contributed by atoms with Crippen LogP contribution in [0.3, 0.4) is 0 Å². The number of nitrogens with zero attached hydrogens (tertiary/aromatic N) is 2. The van der Waals surface area contributed by atoms with Crippen molar-refractivity contribution in [1.82, 2.24) is 9.55 Å². The standard InChI is InChI=1S/C60H40N2/c1-39-30-32-40(33-31-39)56-46-20-5-7-22-48(46)57(49-23-8-6-21-47(49)56)41-34-36-42(37-35-41)58-50-24-9-11-26-52(50)59(53-27-12-10-25-51(53)58)43-16-15-17-44(38-43)60-61-54-28-13-14-29-55(54)62(60)45-18-3-2-4-19-45/h2-38H,1H3. The van der Waals surface area contributed by atoms with E-state index in [0.717, 1.165) is 33.7 Å². The van der Waals surface area contributed by atoms with E-state index in [2.05, 4.69) is 236 Å². The first-order chi connectivity index (χ1) is 30.7. The van der Waals surface area contributed by atoms with Crippen LogP contribution in [0.5, 0.6) is 0 Å². The summed E-state index contributed by atoms with van der Waals surface area (Å²) in [5.41, 5.74) is 15.3. The third-order valence-electron chi connectivity index (χ3n) is 12.7. The molecule has 1 heterocycles. The van der Waals surface area contributed by atoms with Gasteiger partial charge in [0.2, 0.25) is 0 Å². The maximum Gasteiger partial charge on any atom is 0.145 e. The Kier molecular flexibility index (Phi) is 8.43. The van der Waals surface area contributed by atoms with E-state index in [1.54, 1.807) is 0 Å². The Bertz CT molecular complexity index is 3560. The van der Waals surface area contributed by atoms with Crippen molar-refractivity contribution >= 4 is 54.1 Å². The highest BCUT2D eigenvalue weighted by atomic mass is 15.1. The number of aryl methyl sites for hydroxylation is 1. The third-order valence-corrected chi connectivity index (χ3v) is 12.7. The molecule has 62 heavy (non-hydrogen) atoms. The second-order valence-electron chi connectivity index (χ2n) is 16.3. The van der Waals surface area contributed by atoms with Crippen molar-refractivity contribution in [3.8, 4) is 61.6 Å². The molecular weight excluding hydrogens is 749 g/mol. The molecule has 0 fully saturated rings. The summed E-state index contributed by atoms with van der Waals surface area (Å²) in [7, 11) is 0. The van der Waals surface area contributed by atoms with Gasteiger partial charge in [-0.2, -0.15) is 0 Å². The van der Waals surface area contributed by atoms with Crippen LogP contribution < -0.4 is 0 Å². The molecule has 0 aliphatic carbocycles. The van der Waals surface area contributed by atoms with Crippen LogP contribution >= 0.6 is 0 Å². The van der Waals surface area contributed by atoms with E-state index < -0.39 is 0 Å². The largest absolute Gasteiger partial charge is 0.292 e. The normalized spacial score (nSPS) is 11.6. The topological polar surface area (TPSA) is 17.8 Å². The second kappa shape index (κ2) is 14.6. The van der Waals surface area contributed by atoms with Gasteiger partial charge < -0.3 is 0 Å². The van der Waals surface area contributed by atoms with Gasteiger partial charge in [-0.05, 0) is 125 Å². The lowest BCUT2D eigenvalue weighted by Gasteiger charge is -2.19. The summed E-state index contributed by atoms with van der Waals surface area (Å²) in [6.07, 6.45) is 0. The average molecular weight is 789 g/mol. The zero-order chi connectivity index (χ0) is 41.1. The number of fused-ring (bicyclic) bond motifs is 5. The third kappa shape index (κ3) is 5.76. The minimum absolute atomic E-state index is 0.926. The molecule has 0 amide bonds. The van der Waals surface area contributed by atoms with Crippen molar-refractivity contribution in [2.24, 2.45) is 0 Å². The molecule has 2 heteroatoms. The molecule has 290 valence electrons. The monoisotopic (exact) mass is 788 g/mol. The number of rotatable bonds is 6. The Labute approximate surface area is 360 Å². The molecule has 12 aromatic rings. The summed E-state index contributed by atoms with van der Waals surface area (Å²) in [6.45, 7) is 2.15. The minimum atomic E-state index is 0.926. The fraction of sp³-hybridized carbons (Fsp3) is 0.0167. The minimum Gasteiger partial charge on any atom is -0.292 e. The van der Waals surface area contributed by atoms with Gasteiger partial charge in [-0.1, -0.05) is 200 Å². The lowest BCUT2D eigenvalue weighted by Crippen LogP contribution is -1.97. The van der Waals surface area contributed by atoms with E-state index in [1.165, 1.54) is 87.6 Å². The number of para-hydroxylation sites is 3. The SMILES string of the molecule is Cc1ccc(-c2c3ccccc3c(-c3ccc(-c4c5ccccc5c(-c5cccc(-c6nc7ccccc7n6-c6ccccc6)c5)c5ccccc45)cc3)c3ccccc23)cc1. The Balaban J connectivity index is 1.02. The van der Waals surface area contributed by atoms with Crippen molar-refractivity contribution < 1.29 is 0 Å². The fourth-order valence-corrected chi connectivity index (χ4v) is 9.90. The van der Waals surface area contributed by atoms with Crippen LogP contribution in [0.2, 0.25) is 0 Å². The molecule has 0 aliphatic heterocycles. The second-order valence-corrected chi connectivity index (χ2v) is 16.3. The van der Waals surface area contributed by atoms with Gasteiger partial charge in [0.15, 0.2) is 0 Å². The molecule has 12 rings (SSSR count). The molecule has 0 unspecified atom stereocenters. The highest BCUT2D eigenvalue weighted by Gasteiger charge is 2.21. The van der Waals surface area contributed by atoms with Gasteiger partial charge in [-0.25, -0.2) is 4.98 Å². The Morgan fingerprint density at radius 3 is 1.15 bits per heavy atom. The van der Waals surface area contributed by atoms with Gasteiger partial charge in [-0.15, -0.1) is 0 Å². The van der Waals surface area contributed by atoms with Crippen LogP contribution in [0.1, 0.15) is 5.56 Å². The number of imidazole rings is 1. The summed E-state index contributed by atoms with van der Waals surface area (Å²) in [4.78, 5) is 5.22. The van der Waals surface area contributed by atoms with E-state index in [4.69, 9.17) is 4.98 Å². The highest BCUT2D eigenvalue weighted by molar-refractivity contribution is 6.23. The lowest BCUT2D eigenvalue weighted by molar-refractivity contribution is 1.10. The van der Waals surface area contributed by atoms with Crippen molar-refractivity contribution in [3.63, 3.8) is 0 Å². The molecule has 0 aliphatic rings. The van der Waals surface area contributed by atoms with Gasteiger partial charge in [-0.3, -0.25) is 4.57 Å². The molecule has 0 atom stereocenters. The summed E-state index contributed by atoms with van der Waals surface area (Å²) in [6, 6.07) is 81.8. The highest BCUT2D eigenvalue weighted by Crippen LogP contribution is 2.47. The van der Waals surface area contributed by atoms with Crippen LogP contribution in [-0.2, 0) is 0 Å². The average Bonchev–Trinajstić information content (AvgIpc) is 3.73. The predicted molar refractivity (Wildman–Crippen MR) is 263 cm³/mol. The number of hydrogen-bond donors (Lipinski definition) is 0. The van der Waals surface area contributed by atoms with Crippen LogP contribution in [0.4, 0.5) is 0 Å².